The second-order valence-corrected chi connectivity index (χ2v) is 6.67. The van der Waals surface area contributed by atoms with Gasteiger partial charge in [0, 0.05) is 31.1 Å². The number of hydrogen-bond donors (Lipinski definition) is 1. The number of piperazine rings is 1. The maximum atomic E-state index is 12.0. The van der Waals surface area contributed by atoms with Crippen molar-refractivity contribution in [3.05, 3.63) is 42.5 Å². The van der Waals surface area contributed by atoms with Crippen LogP contribution in [0.2, 0.25) is 0 Å². The maximum absolute atomic E-state index is 12.0. The van der Waals surface area contributed by atoms with Crippen LogP contribution >= 0.6 is 11.8 Å². The average molecular weight is 315 g/mol. The number of likely N-dealkylation sites (N-methyl/N-ethyl adjacent to an activating group) is 1. The molecule has 2 aromatic rings. The van der Waals surface area contributed by atoms with Crippen LogP contribution in [0.3, 0.4) is 0 Å². The number of benzene rings is 2. The average Bonchev–Trinajstić information content (AvgIpc) is 2.55. The molecule has 0 radical (unpaired) electrons. The molecule has 4 nitrogen and oxygen atoms in total. The number of rotatable bonds is 4. The van der Waals surface area contributed by atoms with Gasteiger partial charge in [-0.1, -0.05) is 30.3 Å². The zero-order valence-corrected chi connectivity index (χ0v) is 13.6. The second-order valence-electron chi connectivity index (χ2n) is 5.62. The summed E-state index contributed by atoms with van der Waals surface area (Å²) >= 11 is 1.58. The molecule has 0 aliphatic carbocycles. The Balaban J connectivity index is 1.51. The van der Waals surface area contributed by atoms with E-state index in [0.29, 0.717) is 5.75 Å². The van der Waals surface area contributed by atoms with Crippen molar-refractivity contribution in [2.75, 3.05) is 39.0 Å². The number of amides is 1. The third-order valence-corrected chi connectivity index (χ3v) is 4.87. The first kappa shape index (κ1) is 15.3. The molecule has 1 amide bonds. The summed E-state index contributed by atoms with van der Waals surface area (Å²) in [5.74, 6) is 0.521. The zero-order chi connectivity index (χ0) is 15.4. The van der Waals surface area contributed by atoms with E-state index in [1.807, 2.05) is 17.1 Å². The van der Waals surface area contributed by atoms with Gasteiger partial charge in [0.1, 0.15) is 0 Å². The van der Waals surface area contributed by atoms with Crippen molar-refractivity contribution in [3.63, 3.8) is 0 Å². The number of carbonyl (C=O) groups excluding carboxylic acids is 1. The highest BCUT2D eigenvalue weighted by Crippen LogP contribution is 2.23. The topological polar surface area (TPSA) is 35.6 Å². The Morgan fingerprint density at radius 1 is 1.09 bits per heavy atom. The molecule has 22 heavy (non-hydrogen) atoms. The molecule has 5 heteroatoms. The minimum absolute atomic E-state index is 0.0720. The molecule has 0 unspecified atom stereocenters. The van der Waals surface area contributed by atoms with Gasteiger partial charge in [-0.05, 0) is 30.0 Å². The minimum atomic E-state index is 0.0720. The predicted molar refractivity (Wildman–Crippen MR) is 91.9 cm³/mol. The fourth-order valence-electron chi connectivity index (χ4n) is 2.53. The Morgan fingerprint density at radius 3 is 2.59 bits per heavy atom. The first-order valence-electron chi connectivity index (χ1n) is 7.55. The SMILES string of the molecule is CN1CCN(NC(=O)CSc2ccc3ccccc3c2)CC1. The van der Waals surface area contributed by atoms with Crippen molar-refractivity contribution >= 4 is 28.4 Å². The van der Waals surface area contributed by atoms with Crippen molar-refractivity contribution in [1.29, 1.82) is 0 Å². The molecule has 0 spiro atoms. The van der Waals surface area contributed by atoms with Crippen molar-refractivity contribution < 1.29 is 4.79 Å². The van der Waals surface area contributed by atoms with Gasteiger partial charge in [-0.2, -0.15) is 0 Å². The van der Waals surface area contributed by atoms with Crippen molar-refractivity contribution in [2.45, 2.75) is 4.90 Å². The van der Waals surface area contributed by atoms with Crippen molar-refractivity contribution in [1.82, 2.24) is 15.3 Å². The number of hydrogen-bond acceptors (Lipinski definition) is 4. The van der Waals surface area contributed by atoms with Crippen LogP contribution in [0.5, 0.6) is 0 Å². The van der Waals surface area contributed by atoms with Gasteiger partial charge in [-0.3, -0.25) is 10.2 Å². The van der Waals surface area contributed by atoms with E-state index in [2.05, 4.69) is 47.7 Å². The molecular weight excluding hydrogens is 294 g/mol. The lowest BCUT2D eigenvalue weighted by atomic mass is 10.1. The fourth-order valence-corrected chi connectivity index (χ4v) is 3.27. The summed E-state index contributed by atoms with van der Waals surface area (Å²) in [5, 5.41) is 4.46. The Morgan fingerprint density at radius 2 is 1.82 bits per heavy atom. The molecule has 0 saturated carbocycles. The van der Waals surface area contributed by atoms with Crippen LogP contribution in [0, 0.1) is 0 Å². The summed E-state index contributed by atoms with van der Waals surface area (Å²) in [6.45, 7) is 3.78. The van der Waals surface area contributed by atoms with Gasteiger partial charge in [0.2, 0.25) is 5.91 Å². The number of hydrazine groups is 1. The molecule has 1 heterocycles. The standard InChI is InChI=1S/C17H21N3OS/c1-19-8-10-20(11-9-19)18-17(21)13-22-16-7-6-14-4-2-3-5-15(14)12-16/h2-7,12H,8-11,13H2,1H3,(H,18,21). The van der Waals surface area contributed by atoms with Gasteiger partial charge in [-0.25, -0.2) is 5.01 Å². The third-order valence-electron chi connectivity index (χ3n) is 3.88. The first-order chi connectivity index (χ1) is 10.7. The van der Waals surface area contributed by atoms with Gasteiger partial charge in [0.15, 0.2) is 0 Å². The summed E-state index contributed by atoms with van der Waals surface area (Å²) in [4.78, 5) is 15.4. The van der Waals surface area contributed by atoms with Crippen LogP contribution in [0.15, 0.2) is 47.4 Å². The van der Waals surface area contributed by atoms with E-state index in [0.717, 1.165) is 31.1 Å². The monoisotopic (exact) mass is 315 g/mol. The van der Waals surface area contributed by atoms with E-state index < -0.39 is 0 Å². The first-order valence-corrected chi connectivity index (χ1v) is 8.54. The van der Waals surface area contributed by atoms with Crippen molar-refractivity contribution in [2.24, 2.45) is 0 Å². The van der Waals surface area contributed by atoms with E-state index in [4.69, 9.17) is 0 Å². The summed E-state index contributed by atoms with van der Waals surface area (Å²) in [7, 11) is 2.11. The molecule has 2 aromatic carbocycles. The lowest BCUT2D eigenvalue weighted by Gasteiger charge is -2.32. The highest BCUT2D eigenvalue weighted by molar-refractivity contribution is 8.00. The van der Waals surface area contributed by atoms with E-state index in [1.54, 1.807) is 11.8 Å². The Bertz CT molecular complexity index is 653. The lowest BCUT2D eigenvalue weighted by molar-refractivity contribution is -0.124. The van der Waals surface area contributed by atoms with E-state index in [1.165, 1.54) is 10.8 Å². The second kappa shape index (κ2) is 7.13. The van der Waals surface area contributed by atoms with Crippen molar-refractivity contribution in [3.8, 4) is 0 Å². The maximum Gasteiger partial charge on any atom is 0.244 e. The summed E-state index contributed by atoms with van der Waals surface area (Å²) < 4.78 is 0. The molecule has 1 saturated heterocycles. The van der Waals surface area contributed by atoms with Crippen LogP contribution < -0.4 is 5.43 Å². The predicted octanol–water partition coefficient (Wildman–Crippen LogP) is 2.21. The van der Waals surface area contributed by atoms with E-state index >= 15 is 0 Å². The number of nitrogens with one attached hydrogen (secondary N) is 1. The van der Waals surface area contributed by atoms with Gasteiger partial charge in [0.25, 0.3) is 0 Å². The quantitative estimate of drug-likeness (QED) is 0.878. The highest BCUT2D eigenvalue weighted by Gasteiger charge is 2.15. The van der Waals surface area contributed by atoms with Crippen LogP contribution in [-0.2, 0) is 4.79 Å². The Kier molecular flexibility index (Phi) is 4.97. The highest BCUT2D eigenvalue weighted by atomic mass is 32.2. The Hall–Kier alpha value is -1.56. The molecule has 1 aliphatic heterocycles. The fraction of sp³-hybridized carbons (Fsp3) is 0.353. The number of thioether (sulfide) groups is 1. The van der Waals surface area contributed by atoms with E-state index in [-0.39, 0.29) is 5.91 Å². The lowest BCUT2D eigenvalue weighted by Crippen LogP contribution is -2.52. The van der Waals surface area contributed by atoms with Crippen LogP contribution in [0.4, 0.5) is 0 Å². The minimum Gasteiger partial charge on any atom is -0.304 e. The smallest absolute Gasteiger partial charge is 0.244 e. The summed E-state index contributed by atoms with van der Waals surface area (Å²) in [5.41, 5.74) is 2.99. The van der Waals surface area contributed by atoms with Gasteiger partial charge >= 0.3 is 0 Å². The largest absolute Gasteiger partial charge is 0.304 e. The summed E-state index contributed by atoms with van der Waals surface area (Å²) in [6.07, 6.45) is 0. The third kappa shape index (κ3) is 4.00. The normalized spacial score (nSPS) is 16.8. The molecule has 116 valence electrons. The molecule has 1 N–H and O–H groups in total. The Labute approximate surface area is 135 Å². The van der Waals surface area contributed by atoms with Crippen LogP contribution in [0.25, 0.3) is 10.8 Å². The number of nitrogens with zero attached hydrogens (tertiary/aromatic N) is 2. The number of fused-ring (bicyclic) bond motifs is 1. The molecule has 1 aliphatic rings. The summed E-state index contributed by atoms with van der Waals surface area (Å²) in [6, 6.07) is 14.6. The van der Waals surface area contributed by atoms with E-state index in [9.17, 15) is 4.79 Å². The molecule has 1 fully saturated rings. The molecular formula is C17H21N3OS. The molecule has 0 bridgehead atoms. The van der Waals surface area contributed by atoms with Gasteiger partial charge in [0.05, 0.1) is 5.75 Å². The molecule has 0 atom stereocenters. The van der Waals surface area contributed by atoms with Gasteiger partial charge < -0.3 is 4.90 Å². The van der Waals surface area contributed by atoms with Crippen LogP contribution in [-0.4, -0.2) is 54.8 Å². The zero-order valence-electron chi connectivity index (χ0n) is 12.8. The van der Waals surface area contributed by atoms with Gasteiger partial charge in [-0.15, -0.1) is 11.8 Å². The van der Waals surface area contributed by atoms with Crippen LogP contribution in [0.1, 0.15) is 0 Å². The molecule has 3 rings (SSSR count). The number of carbonyl (C=O) groups is 1. The molecule has 0 aromatic heterocycles.